The second kappa shape index (κ2) is 2.57. The van der Waals surface area contributed by atoms with Crippen LogP contribution in [0, 0.1) is 0 Å². The van der Waals surface area contributed by atoms with Crippen LogP contribution >= 0.6 is 11.6 Å². The van der Waals surface area contributed by atoms with Gasteiger partial charge in [-0.25, -0.2) is 14.8 Å². The minimum absolute atomic E-state index is 0.351. The minimum Gasteiger partial charge on any atom is -0.290 e. The minimum atomic E-state index is -0.419. The van der Waals surface area contributed by atoms with Crippen molar-refractivity contribution in [2.75, 3.05) is 0 Å². The normalized spacial score (nSPS) is 10.4. The highest BCUT2D eigenvalue weighted by molar-refractivity contribution is 6.29. The van der Waals surface area contributed by atoms with E-state index in [1.165, 1.54) is 6.20 Å². The van der Waals surface area contributed by atoms with Gasteiger partial charge in [0.05, 0.1) is 0 Å². The zero-order valence-electron chi connectivity index (χ0n) is 5.91. The number of fused-ring (bicyclic) bond motifs is 1. The van der Waals surface area contributed by atoms with Gasteiger partial charge in [-0.15, -0.1) is 0 Å². The SMILES string of the molecule is O=c1ncc2ccc(Cl)nc2[nH]1. The van der Waals surface area contributed by atoms with Crippen molar-refractivity contribution in [1.82, 2.24) is 15.0 Å². The molecule has 0 aliphatic carbocycles. The molecular weight excluding hydrogens is 178 g/mol. The monoisotopic (exact) mass is 181 g/mol. The van der Waals surface area contributed by atoms with Crippen molar-refractivity contribution in [2.45, 2.75) is 0 Å². The van der Waals surface area contributed by atoms with Crippen molar-refractivity contribution in [3.05, 3.63) is 34.0 Å². The molecule has 0 atom stereocenters. The molecule has 2 aromatic rings. The first-order chi connectivity index (χ1) is 5.75. The van der Waals surface area contributed by atoms with Gasteiger partial charge in [0, 0.05) is 11.6 Å². The summed E-state index contributed by atoms with van der Waals surface area (Å²) in [6.07, 6.45) is 1.46. The maximum atomic E-state index is 10.7. The molecule has 60 valence electrons. The molecule has 4 nitrogen and oxygen atoms in total. The maximum absolute atomic E-state index is 10.7. The highest BCUT2D eigenvalue weighted by Gasteiger charge is 1.96. The Hall–Kier alpha value is -1.42. The summed E-state index contributed by atoms with van der Waals surface area (Å²) in [6, 6.07) is 3.39. The molecule has 0 aromatic carbocycles. The molecular formula is C7H4ClN3O. The second-order valence-corrected chi connectivity index (χ2v) is 2.65. The van der Waals surface area contributed by atoms with Crippen LogP contribution in [-0.2, 0) is 0 Å². The molecule has 0 radical (unpaired) electrons. The van der Waals surface area contributed by atoms with Crippen LogP contribution in [0.15, 0.2) is 23.1 Å². The molecule has 0 unspecified atom stereocenters. The van der Waals surface area contributed by atoms with Gasteiger partial charge < -0.3 is 0 Å². The fourth-order valence-corrected chi connectivity index (χ4v) is 1.06. The first-order valence-corrected chi connectivity index (χ1v) is 3.65. The van der Waals surface area contributed by atoms with Crippen molar-refractivity contribution in [1.29, 1.82) is 0 Å². The molecule has 0 amide bonds. The van der Waals surface area contributed by atoms with E-state index in [1.54, 1.807) is 12.1 Å². The quantitative estimate of drug-likeness (QED) is 0.617. The first-order valence-electron chi connectivity index (χ1n) is 3.27. The lowest BCUT2D eigenvalue weighted by Gasteiger charge is -1.94. The van der Waals surface area contributed by atoms with Crippen molar-refractivity contribution in [3.63, 3.8) is 0 Å². The summed E-state index contributed by atoms with van der Waals surface area (Å²) in [5.74, 6) is 0. The molecule has 2 heterocycles. The van der Waals surface area contributed by atoms with E-state index in [0.717, 1.165) is 5.39 Å². The number of nitrogens with one attached hydrogen (secondary N) is 1. The second-order valence-electron chi connectivity index (χ2n) is 2.26. The van der Waals surface area contributed by atoms with E-state index in [4.69, 9.17) is 11.6 Å². The first kappa shape index (κ1) is 7.24. The molecule has 0 aliphatic heterocycles. The number of rotatable bonds is 0. The van der Waals surface area contributed by atoms with Crippen LogP contribution in [0.3, 0.4) is 0 Å². The summed E-state index contributed by atoms with van der Waals surface area (Å²) in [5, 5.41) is 1.11. The summed E-state index contributed by atoms with van der Waals surface area (Å²) in [5.41, 5.74) is 0.0415. The molecule has 2 aromatic heterocycles. The van der Waals surface area contributed by atoms with Crippen molar-refractivity contribution >= 4 is 22.6 Å². The van der Waals surface area contributed by atoms with Crippen LogP contribution in [0.5, 0.6) is 0 Å². The number of aromatic nitrogens is 3. The standard InChI is InChI=1S/C7H4ClN3O/c8-5-2-1-4-3-9-7(12)11-6(4)10-5/h1-3H,(H,9,10,11,12). The number of aromatic amines is 1. The molecule has 0 bridgehead atoms. The number of pyridine rings is 1. The number of nitrogens with zero attached hydrogens (tertiary/aromatic N) is 2. The van der Waals surface area contributed by atoms with Gasteiger partial charge >= 0.3 is 5.69 Å². The Bertz CT molecular complexity index is 479. The van der Waals surface area contributed by atoms with Crippen LogP contribution in [-0.4, -0.2) is 15.0 Å². The predicted molar refractivity (Wildman–Crippen MR) is 45.2 cm³/mol. The fourth-order valence-electron chi connectivity index (χ4n) is 0.912. The fraction of sp³-hybridized carbons (Fsp3) is 0. The van der Waals surface area contributed by atoms with Crippen LogP contribution in [0.1, 0.15) is 0 Å². The third-order valence-corrected chi connectivity index (χ3v) is 1.65. The zero-order valence-corrected chi connectivity index (χ0v) is 6.67. The lowest BCUT2D eigenvalue weighted by Crippen LogP contribution is -2.09. The van der Waals surface area contributed by atoms with E-state index in [9.17, 15) is 4.79 Å². The van der Waals surface area contributed by atoms with Gasteiger partial charge in [-0.2, -0.15) is 0 Å². The summed E-state index contributed by atoms with van der Waals surface area (Å²) in [7, 11) is 0. The number of hydrogen-bond acceptors (Lipinski definition) is 3. The highest BCUT2D eigenvalue weighted by Crippen LogP contribution is 2.09. The number of hydrogen-bond donors (Lipinski definition) is 1. The van der Waals surface area contributed by atoms with Crippen LogP contribution in [0.4, 0.5) is 0 Å². The van der Waals surface area contributed by atoms with Crippen molar-refractivity contribution in [2.24, 2.45) is 0 Å². The van der Waals surface area contributed by atoms with Gasteiger partial charge in [0.15, 0.2) is 0 Å². The molecule has 1 N–H and O–H groups in total. The summed E-state index contributed by atoms with van der Waals surface area (Å²) in [4.78, 5) is 20.7. The lowest BCUT2D eigenvalue weighted by molar-refractivity contribution is 1.10. The Kier molecular flexibility index (Phi) is 1.55. The Labute approximate surface area is 72.2 Å². The Morgan fingerprint density at radius 3 is 3.08 bits per heavy atom. The molecule has 0 saturated heterocycles. The lowest BCUT2D eigenvalue weighted by atomic mass is 10.3. The van der Waals surface area contributed by atoms with Gasteiger partial charge in [0.25, 0.3) is 0 Å². The van der Waals surface area contributed by atoms with Gasteiger partial charge in [-0.3, -0.25) is 4.98 Å². The van der Waals surface area contributed by atoms with Gasteiger partial charge in [-0.05, 0) is 12.1 Å². The van der Waals surface area contributed by atoms with E-state index < -0.39 is 5.69 Å². The molecule has 0 saturated carbocycles. The molecule has 0 fully saturated rings. The van der Waals surface area contributed by atoms with Crippen LogP contribution < -0.4 is 5.69 Å². The molecule has 5 heteroatoms. The summed E-state index contributed by atoms with van der Waals surface area (Å²) < 4.78 is 0. The average molecular weight is 182 g/mol. The zero-order chi connectivity index (χ0) is 8.55. The predicted octanol–water partition coefficient (Wildman–Crippen LogP) is 0.971. The van der Waals surface area contributed by atoms with Crippen LogP contribution in [0.2, 0.25) is 5.15 Å². The molecule has 0 aliphatic rings. The molecule has 12 heavy (non-hydrogen) atoms. The van der Waals surface area contributed by atoms with Gasteiger partial charge in [0.1, 0.15) is 10.8 Å². The molecule has 2 rings (SSSR count). The number of halogens is 1. The van der Waals surface area contributed by atoms with E-state index in [1.807, 2.05) is 0 Å². The van der Waals surface area contributed by atoms with E-state index >= 15 is 0 Å². The third-order valence-electron chi connectivity index (χ3n) is 1.44. The average Bonchev–Trinajstić information content (AvgIpc) is 2.03. The van der Waals surface area contributed by atoms with Crippen molar-refractivity contribution in [3.8, 4) is 0 Å². The largest absolute Gasteiger partial charge is 0.346 e. The third kappa shape index (κ3) is 1.16. The van der Waals surface area contributed by atoms with Gasteiger partial charge in [-0.1, -0.05) is 11.6 Å². The Morgan fingerprint density at radius 2 is 2.25 bits per heavy atom. The number of H-pyrrole nitrogens is 1. The van der Waals surface area contributed by atoms with Gasteiger partial charge in [0.2, 0.25) is 0 Å². The maximum Gasteiger partial charge on any atom is 0.346 e. The van der Waals surface area contributed by atoms with E-state index in [-0.39, 0.29) is 0 Å². The Balaban J connectivity index is 2.89. The summed E-state index contributed by atoms with van der Waals surface area (Å²) in [6.45, 7) is 0. The van der Waals surface area contributed by atoms with E-state index in [2.05, 4.69) is 15.0 Å². The van der Waals surface area contributed by atoms with E-state index in [0.29, 0.717) is 10.8 Å². The van der Waals surface area contributed by atoms with Crippen LogP contribution in [0.25, 0.3) is 11.0 Å². The Morgan fingerprint density at radius 1 is 1.42 bits per heavy atom. The molecule has 0 spiro atoms. The van der Waals surface area contributed by atoms with Crippen molar-refractivity contribution < 1.29 is 0 Å². The summed E-state index contributed by atoms with van der Waals surface area (Å²) >= 11 is 5.62. The smallest absolute Gasteiger partial charge is 0.290 e. The highest BCUT2D eigenvalue weighted by atomic mass is 35.5. The topological polar surface area (TPSA) is 58.6 Å².